The Morgan fingerprint density at radius 1 is 1.19 bits per heavy atom. The minimum atomic E-state index is -0.183. The summed E-state index contributed by atoms with van der Waals surface area (Å²) in [6.07, 6.45) is 4.79. The van der Waals surface area contributed by atoms with Crippen LogP contribution in [0.5, 0.6) is 0 Å². The number of rotatable bonds is 5. The van der Waals surface area contributed by atoms with Gasteiger partial charge in [-0.05, 0) is 37.0 Å². The molecule has 0 bridgehead atoms. The highest BCUT2D eigenvalue weighted by Gasteiger charge is 2.24. The van der Waals surface area contributed by atoms with E-state index in [0.717, 1.165) is 24.8 Å². The topological polar surface area (TPSA) is 32.3 Å². The van der Waals surface area contributed by atoms with Crippen molar-refractivity contribution in [3.8, 4) is 0 Å². The summed E-state index contributed by atoms with van der Waals surface area (Å²) >= 11 is 0. The Morgan fingerprint density at radius 2 is 1.75 bits per heavy atom. The third kappa shape index (κ3) is 4.42. The van der Waals surface area contributed by atoms with Crippen LogP contribution in [0.15, 0.2) is 0 Å². The van der Waals surface area contributed by atoms with Gasteiger partial charge in [0.05, 0.1) is 6.10 Å². The molecule has 1 rings (SSSR count). The monoisotopic (exact) mass is 227 g/mol. The van der Waals surface area contributed by atoms with Gasteiger partial charge in [-0.25, -0.2) is 0 Å². The van der Waals surface area contributed by atoms with Gasteiger partial charge in [0.25, 0.3) is 0 Å². The van der Waals surface area contributed by atoms with Crippen LogP contribution < -0.4 is 5.32 Å². The van der Waals surface area contributed by atoms with Crippen LogP contribution >= 0.6 is 0 Å². The fraction of sp³-hybridized carbons (Fsp3) is 1.00. The molecule has 1 aliphatic carbocycles. The zero-order valence-electron chi connectivity index (χ0n) is 11.4. The van der Waals surface area contributed by atoms with E-state index in [-0.39, 0.29) is 6.10 Å². The lowest BCUT2D eigenvalue weighted by molar-refractivity contribution is 0.103. The van der Waals surface area contributed by atoms with E-state index < -0.39 is 0 Å². The van der Waals surface area contributed by atoms with Crippen LogP contribution in [0, 0.1) is 17.8 Å². The van der Waals surface area contributed by atoms with Crippen molar-refractivity contribution in [2.75, 3.05) is 6.54 Å². The molecule has 0 radical (unpaired) electrons. The summed E-state index contributed by atoms with van der Waals surface area (Å²) in [5.41, 5.74) is 0. The van der Waals surface area contributed by atoms with Gasteiger partial charge in [-0.3, -0.25) is 0 Å². The van der Waals surface area contributed by atoms with Gasteiger partial charge in [0, 0.05) is 12.6 Å². The van der Waals surface area contributed by atoms with E-state index in [4.69, 9.17) is 0 Å². The van der Waals surface area contributed by atoms with Crippen LogP contribution in [0.2, 0.25) is 0 Å². The fourth-order valence-corrected chi connectivity index (χ4v) is 2.87. The van der Waals surface area contributed by atoms with Crippen molar-refractivity contribution in [3.05, 3.63) is 0 Å². The first-order valence-electron chi connectivity index (χ1n) is 6.94. The highest BCUT2D eigenvalue weighted by atomic mass is 16.3. The first-order valence-corrected chi connectivity index (χ1v) is 6.94. The van der Waals surface area contributed by atoms with Gasteiger partial charge in [0.2, 0.25) is 0 Å². The third-order valence-corrected chi connectivity index (χ3v) is 4.09. The number of aliphatic hydroxyl groups is 1. The van der Waals surface area contributed by atoms with Crippen molar-refractivity contribution in [1.29, 1.82) is 0 Å². The first-order chi connectivity index (χ1) is 7.52. The fourth-order valence-electron chi connectivity index (χ4n) is 2.87. The van der Waals surface area contributed by atoms with E-state index in [0.29, 0.717) is 12.0 Å². The second-order valence-electron chi connectivity index (χ2n) is 5.98. The third-order valence-electron chi connectivity index (χ3n) is 4.09. The molecule has 0 amide bonds. The van der Waals surface area contributed by atoms with Gasteiger partial charge in [0.1, 0.15) is 0 Å². The SMILES string of the molecule is CCC(C)C(O)CNC1CC(C)CC(C)C1. The van der Waals surface area contributed by atoms with E-state index in [2.05, 4.69) is 33.0 Å². The van der Waals surface area contributed by atoms with Crippen LogP contribution in [0.1, 0.15) is 53.4 Å². The molecule has 0 aromatic heterocycles. The van der Waals surface area contributed by atoms with Crippen molar-refractivity contribution >= 4 is 0 Å². The van der Waals surface area contributed by atoms with E-state index in [1.807, 2.05) is 0 Å². The molecule has 0 aromatic rings. The second-order valence-corrected chi connectivity index (χ2v) is 5.98. The molecule has 2 N–H and O–H groups in total. The molecule has 0 spiro atoms. The van der Waals surface area contributed by atoms with Crippen molar-refractivity contribution in [3.63, 3.8) is 0 Å². The molecule has 1 aliphatic rings. The molecule has 0 saturated heterocycles. The number of aliphatic hydroxyl groups excluding tert-OH is 1. The normalized spacial score (nSPS) is 34.7. The molecule has 1 saturated carbocycles. The van der Waals surface area contributed by atoms with Crippen molar-refractivity contribution in [1.82, 2.24) is 5.32 Å². The lowest BCUT2D eigenvalue weighted by Crippen LogP contribution is -2.41. The maximum absolute atomic E-state index is 9.92. The lowest BCUT2D eigenvalue weighted by atomic mass is 9.80. The maximum Gasteiger partial charge on any atom is 0.0690 e. The van der Waals surface area contributed by atoms with Gasteiger partial charge < -0.3 is 10.4 Å². The average Bonchev–Trinajstić information content (AvgIpc) is 2.23. The van der Waals surface area contributed by atoms with Crippen molar-refractivity contribution in [2.24, 2.45) is 17.8 Å². The quantitative estimate of drug-likeness (QED) is 0.757. The standard InChI is InChI=1S/C14H29NO/c1-5-12(4)14(16)9-15-13-7-10(2)6-11(3)8-13/h10-16H,5-9H2,1-4H3. The zero-order valence-corrected chi connectivity index (χ0v) is 11.4. The maximum atomic E-state index is 9.92. The molecule has 2 heteroatoms. The van der Waals surface area contributed by atoms with Crippen molar-refractivity contribution in [2.45, 2.75) is 65.5 Å². The Labute approximate surface area is 101 Å². The first kappa shape index (κ1) is 14.0. The van der Waals surface area contributed by atoms with Gasteiger partial charge in [-0.1, -0.05) is 34.1 Å². The average molecular weight is 227 g/mol. The lowest BCUT2D eigenvalue weighted by Gasteiger charge is -2.33. The van der Waals surface area contributed by atoms with Crippen LogP contribution in [-0.4, -0.2) is 23.8 Å². The smallest absolute Gasteiger partial charge is 0.0690 e. The number of hydrogen-bond acceptors (Lipinski definition) is 2. The molecule has 16 heavy (non-hydrogen) atoms. The van der Waals surface area contributed by atoms with Crippen molar-refractivity contribution < 1.29 is 5.11 Å². The summed E-state index contributed by atoms with van der Waals surface area (Å²) in [5.74, 6) is 2.08. The second kappa shape index (κ2) is 6.61. The Hall–Kier alpha value is -0.0800. The van der Waals surface area contributed by atoms with E-state index >= 15 is 0 Å². The van der Waals surface area contributed by atoms with Gasteiger partial charge in [-0.2, -0.15) is 0 Å². The van der Waals surface area contributed by atoms with Gasteiger partial charge in [-0.15, -0.1) is 0 Å². The van der Waals surface area contributed by atoms with Crippen LogP contribution in [0.4, 0.5) is 0 Å². The minimum absolute atomic E-state index is 0.183. The largest absolute Gasteiger partial charge is 0.392 e. The van der Waals surface area contributed by atoms with Gasteiger partial charge >= 0.3 is 0 Å². The number of hydrogen-bond donors (Lipinski definition) is 2. The summed E-state index contributed by atoms with van der Waals surface area (Å²) in [6.45, 7) is 9.71. The summed E-state index contributed by atoms with van der Waals surface area (Å²) < 4.78 is 0. The Kier molecular flexibility index (Phi) is 5.77. The van der Waals surface area contributed by atoms with Crippen LogP contribution in [0.25, 0.3) is 0 Å². The highest BCUT2D eigenvalue weighted by Crippen LogP contribution is 2.28. The van der Waals surface area contributed by atoms with E-state index in [1.54, 1.807) is 0 Å². The number of nitrogens with one attached hydrogen (secondary N) is 1. The van der Waals surface area contributed by atoms with Crippen LogP contribution in [0.3, 0.4) is 0 Å². The predicted octanol–water partition coefficient (Wildman–Crippen LogP) is 2.81. The minimum Gasteiger partial charge on any atom is -0.392 e. The summed E-state index contributed by atoms with van der Waals surface area (Å²) in [5, 5.41) is 13.5. The Balaban J connectivity index is 2.26. The Bertz CT molecular complexity index is 185. The molecule has 0 aromatic carbocycles. The van der Waals surface area contributed by atoms with Crippen LogP contribution in [-0.2, 0) is 0 Å². The molecule has 0 aliphatic heterocycles. The summed E-state index contributed by atoms with van der Waals surface area (Å²) in [7, 11) is 0. The molecular formula is C14H29NO. The molecule has 4 atom stereocenters. The van der Waals surface area contributed by atoms with E-state index in [1.165, 1.54) is 19.3 Å². The Morgan fingerprint density at radius 3 is 2.25 bits per heavy atom. The highest BCUT2D eigenvalue weighted by molar-refractivity contribution is 4.80. The molecule has 2 nitrogen and oxygen atoms in total. The summed E-state index contributed by atoms with van der Waals surface area (Å²) in [4.78, 5) is 0. The molecule has 1 fully saturated rings. The molecule has 96 valence electrons. The molecule has 0 heterocycles. The molecule has 4 unspecified atom stereocenters. The predicted molar refractivity (Wildman–Crippen MR) is 69.4 cm³/mol. The molecular weight excluding hydrogens is 198 g/mol. The van der Waals surface area contributed by atoms with Gasteiger partial charge in [0.15, 0.2) is 0 Å². The van der Waals surface area contributed by atoms with E-state index in [9.17, 15) is 5.11 Å². The zero-order chi connectivity index (χ0) is 12.1. The summed E-state index contributed by atoms with van der Waals surface area (Å²) in [6, 6.07) is 0.623.